The van der Waals surface area contributed by atoms with Crippen molar-refractivity contribution in [3.8, 4) is 11.1 Å². The molecule has 1 aromatic heterocycles. The summed E-state index contributed by atoms with van der Waals surface area (Å²) in [5.41, 5.74) is 10.9. The molecule has 0 atom stereocenters. The lowest BCUT2D eigenvalue weighted by Gasteiger charge is -2.26. The van der Waals surface area contributed by atoms with Crippen LogP contribution in [0.5, 0.6) is 0 Å². The maximum atomic E-state index is 12.2. The topological polar surface area (TPSA) is 45.8 Å². The van der Waals surface area contributed by atoms with Gasteiger partial charge in [-0.3, -0.25) is 4.79 Å². The minimum atomic E-state index is -0.116. The van der Waals surface area contributed by atoms with Crippen molar-refractivity contribution in [2.45, 2.75) is 25.7 Å². The zero-order valence-electron chi connectivity index (χ0n) is 14.9. The zero-order valence-corrected chi connectivity index (χ0v) is 14.9. The van der Waals surface area contributed by atoms with E-state index >= 15 is 0 Å². The maximum absolute atomic E-state index is 12.2. The predicted molar refractivity (Wildman–Crippen MR) is 107 cm³/mol. The third-order valence-corrected chi connectivity index (χ3v) is 6.15. The van der Waals surface area contributed by atoms with Crippen LogP contribution in [0.2, 0.25) is 0 Å². The molecule has 0 fully saturated rings. The summed E-state index contributed by atoms with van der Waals surface area (Å²) in [6.45, 7) is 0. The summed E-state index contributed by atoms with van der Waals surface area (Å²) >= 11 is 0. The lowest BCUT2D eigenvalue weighted by atomic mass is 9.78. The number of nitrogens with one attached hydrogen (secondary N) is 1. The third-order valence-electron chi connectivity index (χ3n) is 6.15. The van der Waals surface area contributed by atoms with Crippen LogP contribution < -0.4 is 5.56 Å². The minimum Gasteiger partial charge on any atom is -0.267 e. The van der Waals surface area contributed by atoms with Crippen LogP contribution in [0.4, 0.5) is 0 Å². The van der Waals surface area contributed by atoms with E-state index in [1.807, 2.05) is 0 Å². The Labute approximate surface area is 156 Å². The Balaban J connectivity index is 1.56. The molecule has 0 unspecified atom stereocenters. The van der Waals surface area contributed by atoms with Crippen LogP contribution in [0.1, 0.15) is 33.4 Å². The van der Waals surface area contributed by atoms with Gasteiger partial charge in [-0.05, 0) is 82.3 Å². The van der Waals surface area contributed by atoms with Crippen molar-refractivity contribution in [1.82, 2.24) is 10.2 Å². The Bertz CT molecular complexity index is 1300. The van der Waals surface area contributed by atoms with Crippen molar-refractivity contribution in [3.05, 3.63) is 98.5 Å². The summed E-state index contributed by atoms with van der Waals surface area (Å²) in [6.07, 6.45) is 5.83. The molecule has 130 valence electrons. The van der Waals surface area contributed by atoms with Crippen LogP contribution >= 0.6 is 0 Å². The second-order valence-corrected chi connectivity index (χ2v) is 7.70. The van der Waals surface area contributed by atoms with Crippen LogP contribution in [0.15, 0.2) is 59.5 Å². The number of aryl methyl sites for hydroxylation is 2. The van der Waals surface area contributed by atoms with Crippen molar-refractivity contribution < 1.29 is 0 Å². The fourth-order valence-corrected chi connectivity index (χ4v) is 4.75. The number of nitrogens with zero attached hydrogens (tertiary/aromatic N) is 1. The highest BCUT2D eigenvalue weighted by Gasteiger charge is 2.22. The largest absolute Gasteiger partial charge is 0.272 e. The summed E-state index contributed by atoms with van der Waals surface area (Å²) in [7, 11) is 0. The summed E-state index contributed by atoms with van der Waals surface area (Å²) in [6, 6.07) is 17.7. The van der Waals surface area contributed by atoms with E-state index in [0.717, 1.165) is 36.5 Å². The summed E-state index contributed by atoms with van der Waals surface area (Å²) in [5, 5.41) is 8.15. The highest BCUT2D eigenvalue weighted by atomic mass is 16.1. The molecule has 3 nitrogen and oxygen atoms in total. The van der Waals surface area contributed by atoms with Gasteiger partial charge in [-0.2, -0.15) is 5.10 Å². The smallest absolute Gasteiger partial charge is 0.267 e. The van der Waals surface area contributed by atoms with Crippen molar-refractivity contribution in [2.75, 3.05) is 0 Å². The summed E-state index contributed by atoms with van der Waals surface area (Å²) in [4.78, 5) is 12.2. The first kappa shape index (κ1) is 14.9. The number of aromatic nitrogens is 2. The second kappa shape index (κ2) is 5.40. The minimum absolute atomic E-state index is 0.116. The zero-order chi connectivity index (χ0) is 18.0. The number of fused-ring (bicyclic) bond motifs is 6. The number of hydrogen-bond donors (Lipinski definition) is 1. The standard InChI is InChI=1S/C24H18N2O/c27-24-23-12-22-17(10-20(23)13-25-26-24)6-5-16-9-18-7-14-3-1-2-4-15(14)8-19(18)11-21(16)22/h1-4,9-13H,5-8H2,(H,26,27). The molecule has 0 aliphatic heterocycles. The molecule has 1 N–H and O–H groups in total. The molecule has 3 heteroatoms. The normalized spacial score (nSPS) is 14.2. The van der Waals surface area contributed by atoms with Gasteiger partial charge in [0.2, 0.25) is 0 Å². The molecule has 6 rings (SSSR count). The van der Waals surface area contributed by atoms with Crippen LogP contribution in [0, 0.1) is 0 Å². The van der Waals surface area contributed by atoms with E-state index in [1.54, 1.807) is 6.20 Å². The molecule has 4 aromatic rings. The molecule has 3 aromatic carbocycles. The number of rotatable bonds is 0. The van der Waals surface area contributed by atoms with Crippen LogP contribution in [0.25, 0.3) is 21.9 Å². The van der Waals surface area contributed by atoms with E-state index in [4.69, 9.17) is 0 Å². The molecule has 0 saturated carbocycles. The first-order valence-electron chi connectivity index (χ1n) is 9.48. The van der Waals surface area contributed by atoms with Gasteiger partial charge >= 0.3 is 0 Å². The molecular formula is C24H18N2O. The van der Waals surface area contributed by atoms with Crippen molar-refractivity contribution in [1.29, 1.82) is 0 Å². The molecule has 2 aliphatic carbocycles. The van der Waals surface area contributed by atoms with Gasteiger partial charge in [0.05, 0.1) is 11.6 Å². The van der Waals surface area contributed by atoms with Gasteiger partial charge in [0.15, 0.2) is 0 Å². The molecule has 0 saturated heterocycles. The molecule has 0 amide bonds. The average Bonchev–Trinajstić information content (AvgIpc) is 2.70. The maximum Gasteiger partial charge on any atom is 0.272 e. The molecule has 1 heterocycles. The van der Waals surface area contributed by atoms with Gasteiger partial charge in [0.25, 0.3) is 5.56 Å². The number of H-pyrrole nitrogens is 1. The molecular weight excluding hydrogens is 332 g/mol. The highest BCUT2D eigenvalue weighted by molar-refractivity contribution is 5.89. The Hall–Kier alpha value is -3.20. The van der Waals surface area contributed by atoms with E-state index in [0.29, 0.717) is 0 Å². The van der Waals surface area contributed by atoms with Gasteiger partial charge in [0, 0.05) is 5.39 Å². The number of aromatic amines is 1. The monoisotopic (exact) mass is 350 g/mol. The Kier molecular flexibility index (Phi) is 2.98. The fourth-order valence-electron chi connectivity index (χ4n) is 4.75. The van der Waals surface area contributed by atoms with Gasteiger partial charge in [0.1, 0.15) is 0 Å². The third kappa shape index (κ3) is 2.21. The average molecular weight is 350 g/mol. The van der Waals surface area contributed by atoms with Gasteiger partial charge in [-0.25, -0.2) is 5.10 Å². The van der Waals surface area contributed by atoms with E-state index in [9.17, 15) is 4.79 Å². The molecule has 2 aliphatic rings. The van der Waals surface area contributed by atoms with E-state index in [1.165, 1.54) is 44.5 Å². The predicted octanol–water partition coefficient (Wildman–Crippen LogP) is 4.18. The molecule has 27 heavy (non-hydrogen) atoms. The Morgan fingerprint density at radius 1 is 0.741 bits per heavy atom. The second-order valence-electron chi connectivity index (χ2n) is 7.70. The Morgan fingerprint density at radius 3 is 2.19 bits per heavy atom. The SMILES string of the molecule is O=c1[nH]ncc2cc3c(cc12)-c1cc2c(cc1CC3)Cc1ccccc1C2. The Morgan fingerprint density at radius 2 is 1.41 bits per heavy atom. The molecule has 0 bridgehead atoms. The lowest BCUT2D eigenvalue weighted by molar-refractivity contribution is 0.922. The van der Waals surface area contributed by atoms with Gasteiger partial charge < -0.3 is 0 Å². The van der Waals surface area contributed by atoms with Crippen molar-refractivity contribution >= 4 is 10.8 Å². The van der Waals surface area contributed by atoms with E-state index < -0.39 is 0 Å². The highest BCUT2D eigenvalue weighted by Crippen LogP contribution is 2.39. The van der Waals surface area contributed by atoms with Crippen LogP contribution in [-0.2, 0) is 25.7 Å². The fraction of sp³-hybridized carbons (Fsp3) is 0.167. The van der Waals surface area contributed by atoms with E-state index in [2.05, 4.69) is 58.7 Å². The summed E-state index contributed by atoms with van der Waals surface area (Å²) in [5.74, 6) is 0. The number of hydrogen-bond acceptors (Lipinski definition) is 2. The molecule has 0 radical (unpaired) electrons. The molecule has 0 spiro atoms. The first-order valence-corrected chi connectivity index (χ1v) is 9.48. The van der Waals surface area contributed by atoms with E-state index in [-0.39, 0.29) is 5.56 Å². The number of benzene rings is 3. The van der Waals surface area contributed by atoms with Gasteiger partial charge in [-0.1, -0.05) is 36.4 Å². The quantitative estimate of drug-likeness (QED) is 0.455. The van der Waals surface area contributed by atoms with Gasteiger partial charge in [-0.15, -0.1) is 0 Å². The van der Waals surface area contributed by atoms with Crippen molar-refractivity contribution in [2.24, 2.45) is 0 Å². The van der Waals surface area contributed by atoms with Crippen LogP contribution in [0.3, 0.4) is 0 Å². The van der Waals surface area contributed by atoms with Crippen molar-refractivity contribution in [3.63, 3.8) is 0 Å². The lowest BCUT2D eigenvalue weighted by Crippen LogP contribution is -2.13. The first-order chi connectivity index (χ1) is 13.3. The van der Waals surface area contributed by atoms with Crippen LogP contribution in [-0.4, -0.2) is 10.2 Å². The summed E-state index contributed by atoms with van der Waals surface area (Å²) < 4.78 is 0.